The van der Waals surface area contributed by atoms with Crippen molar-refractivity contribution in [3.05, 3.63) is 50.9 Å². The van der Waals surface area contributed by atoms with Crippen LogP contribution >= 0.6 is 11.3 Å². The summed E-state index contributed by atoms with van der Waals surface area (Å²) in [6.45, 7) is 4.29. The van der Waals surface area contributed by atoms with Crippen LogP contribution in [0.1, 0.15) is 42.5 Å². The molecule has 5 rings (SSSR count). The molecule has 33 heavy (non-hydrogen) atoms. The van der Waals surface area contributed by atoms with Gasteiger partial charge in [0.05, 0.1) is 24.2 Å². The molecule has 2 aromatic heterocycles. The maximum atomic E-state index is 12.8. The first kappa shape index (κ1) is 21.9. The summed E-state index contributed by atoms with van der Waals surface area (Å²) in [7, 11) is 1.81. The molecule has 0 unspecified atom stereocenters. The van der Waals surface area contributed by atoms with Gasteiger partial charge in [-0.1, -0.05) is 12.1 Å². The molecule has 3 aromatic rings. The molecule has 7 nitrogen and oxygen atoms in total. The Balaban J connectivity index is 1.22. The fraction of sp³-hybridized carbons (Fsp3) is 0.480. The van der Waals surface area contributed by atoms with Crippen LogP contribution in [0, 0.1) is 0 Å². The Labute approximate surface area is 197 Å². The number of aromatic amines is 1. The smallest absolute Gasteiger partial charge is 0.259 e. The number of benzene rings is 1. The number of nitrogens with one attached hydrogen (secondary N) is 1. The fourth-order valence-corrected chi connectivity index (χ4v) is 6.20. The molecule has 1 N–H and O–H groups in total. The van der Waals surface area contributed by atoms with Gasteiger partial charge in [-0.2, -0.15) is 0 Å². The van der Waals surface area contributed by atoms with E-state index < -0.39 is 0 Å². The number of thiophene rings is 1. The SMILES string of the molecule is CCN1C[C@H](CN(C)C(=O)CCc2nc3sc4c(c3c(=O)[nH]2)CCCC4)Oc2ccccc21. The number of hydrogen-bond donors (Lipinski definition) is 1. The molecule has 1 aliphatic heterocycles. The van der Waals surface area contributed by atoms with Crippen molar-refractivity contribution in [2.75, 3.05) is 31.6 Å². The minimum absolute atomic E-state index is 0.0220. The molecule has 0 bridgehead atoms. The van der Waals surface area contributed by atoms with Crippen molar-refractivity contribution in [1.82, 2.24) is 14.9 Å². The van der Waals surface area contributed by atoms with E-state index in [1.54, 1.807) is 16.2 Å². The van der Waals surface area contributed by atoms with Crippen LogP contribution in [-0.2, 0) is 24.1 Å². The summed E-state index contributed by atoms with van der Waals surface area (Å²) in [5, 5.41) is 0.761. The first-order chi connectivity index (χ1) is 16.0. The Morgan fingerprint density at radius 1 is 1.30 bits per heavy atom. The molecule has 0 radical (unpaired) electrons. The highest BCUT2D eigenvalue weighted by Gasteiger charge is 2.27. The number of para-hydroxylation sites is 2. The summed E-state index contributed by atoms with van der Waals surface area (Å²) in [4.78, 5) is 39.3. The number of anilines is 1. The normalized spacial score (nSPS) is 17.4. The standard InChI is InChI=1S/C25H30N4O3S/c1-3-29-15-16(32-19-10-6-5-9-18(19)29)14-28(2)22(30)13-12-21-26-24(31)23-17-8-4-7-11-20(17)33-25(23)27-21/h5-6,9-10,16H,3-4,7-8,11-15H2,1-2H3,(H,26,27,31)/t16-/m0/s1. The van der Waals surface area contributed by atoms with Gasteiger partial charge >= 0.3 is 0 Å². The van der Waals surface area contributed by atoms with Gasteiger partial charge in [0, 0.05) is 31.3 Å². The number of carbonyl (C=O) groups is 1. The van der Waals surface area contributed by atoms with Crippen LogP contribution in [0.3, 0.4) is 0 Å². The van der Waals surface area contributed by atoms with E-state index in [2.05, 4.69) is 22.9 Å². The molecule has 0 spiro atoms. The lowest BCUT2D eigenvalue weighted by Crippen LogP contribution is -2.46. The van der Waals surface area contributed by atoms with E-state index in [-0.39, 0.29) is 17.6 Å². The zero-order valence-corrected chi connectivity index (χ0v) is 20.0. The first-order valence-electron chi connectivity index (χ1n) is 11.8. The zero-order valence-electron chi connectivity index (χ0n) is 19.2. The summed E-state index contributed by atoms with van der Waals surface area (Å²) in [6.07, 6.45) is 4.96. The van der Waals surface area contributed by atoms with E-state index >= 15 is 0 Å². The van der Waals surface area contributed by atoms with E-state index in [9.17, 15) is 9.59 Å². The number of hydrogen-bond acceptors (Lipinski definition) is 6. The Morgan fingerprint density at radius 3 is 2.97 bits per heavy atom. The van der Waals surface area contributed by atoms with Crippen LogP contribution in [-0.4, -0.2) is 53.6 Å². The maximum Gasteiger partial charge on any atom is 0.259 e. The molecule has 0 fully saturated rings. The van der Waals surface area contributed by atoms with Crippen LogP contribution in [0.5, 0.6) is 5.75 Å². The zero-order chi connectivity index (χ0) is 22.9. The first-order valence-corrected chi connectivity index (χ1v) is 12.6. The summed E-state index contributed by atoms with van der Waals surface area (Å²) < 4.78 is 6.16. The molecule has 1 aliphatic carbocycles. The minimum atomic E-state index is -0.0829. The van der Waals surface area contributed by atoms with Crippen molar-refractivity contribution in [1.29, 1.82) is 0 Å². The Hall–Kier alpha value is -2.87. The Morgan fingerprint density at radius 2 is 2.12 bits per heavy atom. The van der Waals surface area contributed by atoms with Crippen LogP contribution in [0.2, 0.25) is 0 Å². The number of aryl methyl sites for hydroxylation is 3. The second kappa shape index (κ2) is 9.17. The molecule has 0 saturated carbocycles. The third-order valence-electron chi connectivity index (χ3n) is 6.66. The molecular formula is C25H30N4O3S. The maximum absolute atomic E-state index is 12.8. The lowest BCUT2D eigenvalue weighted by Gasteiger charge is -2.37. The number of rotatable bonds is 6. The second-order valence-electron chi connectivity index (χ2n) is 8.92. The second-order valence-corrected chi connectivity index (χ2v) is 10.0. The molecule has 1 aromatic carbocycles. The largest absolute Gasteiger partial charge is 0.485 e. The minimum Gasteiger partial charge on any atom is -0.485 e. The number of nitrogens with zero attached hydrogens (tertiary/aromatic N) is 3. The lowest BCUT2D eigenvalue weighted by molar-refractivity contribution is -0.130. The third kappa shape index (κ3) is 4.36. The van der Waals surface area contributed by atoms with Crippen molar-refractivity contribution >= 4 is 33.1 Å². The van der Waals surface area contributed by atoms with Crippen LogP contribution < -0.4 is 15.2 Å². The van der Waals surface area contributed by atoms with Crippen molar-refractivity contribution in [2.45, 2.75) is 51.6 Å². The highest BCUT2D eigenvalue weighted by Crippen LogP contribution is 2.34. The average Bonchev–Trinajstić information content (AvgIpc) is 3.20. The van der Waals surface area contributed by atoms with E-state index in [1.165, 1.54) is 16.9 Å². The predicted octanol–water partition coefficient (Wildman–Crippen LogP) is 3.54. The van der Waals surface area contributed by atoms with Gasteiger partial charge in [-0.3, -0.25) is 9.59 Å². The highest BCUT2D eigenvalue weighted by atomic mass is 32.1. The highest BCUT2D eigenvalue weighted by molar-refractivity contribution is 7.18. The van der Waals surface area contributed by atoms with Crippen LogP contribution in [0.25, 0.3) is 10.2 Å². The number of ether oxygens (including phenoxy) is 1. The molecule has 0 saturated heterocycles. The molecule has 1 amide bonds. The average molecular weight is 467 g/mol. The van der Waals surface area contributed by atoms with E-state index in [1.807, 2.05) is 25.2 Å². The van der Waals surface area contributed by atoms with Crippen molar-refractivity contribution in [3.8, 4) is 5.75 Å². The molecule has 174 valence electrons. The van der Waals surface area contributed by atoms with Gasteiger partial charge in [-0.25, -0.2) is 4.98 Å². The molecule has 2 aliphatic rings. The number of H-pyrrole nitrogens is 1. The van der Waals surface area contributed by atoms with E-state index in [0.29, 0.717) is 25.2 Å². The van der Waals surface area contributed by atoms with Crippen molar-refractivity contribution in [3.63, 3.8) is 0 Å². The number of likely N-dealkylation sites (N-methyl/N-ethyl adjacent to an activating group) is 2. The quantitative estimate of drug-likeness (QED) is 0.601. The third-order valence-corrected chi connectivity index (χ3v) is 7.84. The van der Waals surface area contributed by atoms with Gasteiger partial charge in [0.25, 0.3) is 5.56 Å². The predicted molar refractivity (Wildman–Crippen MR) is 132 cm³/mol. The molecule has 1 atom stereocenters. The van der Waals surface area contributed by atoms with Crippen LogP contribution in [0.4, 0.5) is 5.69 Å². The van der Waals surface area contributed by atoms with Gasteiger partial charge in [0.1, 0.15) is 22.5 Å². The number of carbonyl (C=O) groups excluding carboxylic acids is 1. The van der Waals surface area contributed by atoms with Gasteiger partial charge in [-0.15, -0.1) is 11.3 Å². The topological polar surface area (TPSA) is 78.5 Å². The summed E-state index contributed by atoms with van der Waals surface area (Å²) in [5.41, 5.74) is 2.22. The van der Waals surface area contributed by atoms with Gasteiger partial charge in [0.2, 0.25) is 5.91 Å². The monoisotopic (exact) mass is 466 g/mol. The summed E-state index contributed by atoms with van der Waals surface area (Å²) in [6, 6.07) is 8.03. The van der Waals surface area contributed by atoms with Crippen LogP contribution in [0.15, 0.2) is 29.1 Å². The fourth-order valence-electron chi connectivity index (χ4n) is 4.92. The molecular weight excluding hydrogens is 436 g/mol. The number of amides is 1. The molecule has 3 heterocycles. The number of fused-ring (bicyclic) bond motifs is 4. The lowest BCUT2D eigenvalue weighted by atomic mass is 9.97. The summed E-state index contributed by atoms with van der Waals surface area (Å²) >= 11 is 1.64. The summed E-state index contributed by atoms with van der Waals surface area (Å²) in [5.74, 6) is 1.48. The van der Waals surface area contributed by atoms with Crippen molar-refractivity contribution in [2.24, 2.45) is 0 Å². The van der Waals surface area contributed by atoms with Crippen molar-refractivity contribution < 1.29 is 9.53 Å². The number of aromatic nitrogens is 2. The molecule has 8 heteroatoms. The Kier molecular flexibility index (Phi) is 6.10. The van der Waals surface area contributed by atoms with Gasteiger partial charge in [0.15, 0.2) is 0 Å². The van der Waals surface area contributed by atoms with E-state index in [4.69, 9.17) is 9.72 Å². The van der Waals surface area contributed by atoms with Gasteiger partial charge in [-0.05, 0) is 50.3 Å². The van der Waals surface area contributed by atoms with Gasteiger partial charge < -0.3 is 19.5 Å². The Bertz CT molecular complexity index is 1230. The van der Waals surface area contributed by atoms with E-state index in [0.717, 1.165) is 54.0 Å².